The highest BCUT2D eigenvalue weighted by Gasteiger charge is 2.36. The lowest BCUT2D eigenvalue weighted by molar-refractivity contribution is -0.138. The number of ether oxygens (including phenoxy) is 1. The molecule has 0 radical (unpaired) electrons. The van der Waals surface area contributed by atoms with E-state index in [0.29, 0.717) is 12.8 Å². The molecule has 0 amide bonds. The molecule has 1 aliphatic carbocycles. The third-order valence-electron chi connectivity index (χ3n) is 3.00. The second-order valence-corrected chi connectivity index (χ2v) is 4.25. The van der Waals surface area contributed by atoms with Crippen molar-refractivity contribution >= 4 is 5.97 Å². The fraction of sp³-hybridized carbons (Fsp3) is 0.750. The third kappa shape index (κ3) is 2.82. The molecule has 1 aliphatic rings. The van der Waals surface area contributed by atoms with Crippen LogP contribution in [0.4, 0.5) is 4.39 Å². The van der Waals surface area contributed by atoms with Crippen LogP contribution < -0.4 is 0 Å². The molecule has 4 heteroatoms. The lowest BCUT2D eigenvalue weighted by atomic mass is 9.82. The summed E-state index contributed by atoms with van der Waals surface area (Å²) in [7, 11) is 0. The summed E-state index contributed by atoms with van der Waals surface area (Å²) in [6, 6.07) is 0. The molecule has 0 unspecified atom stereocenters. The maximum Gasteiger partial charge on any atom is 0.336 e. The maximum absolute atomic E-state index is 14.0. The predicted molar refractivity (Wildman–Crippen MR) is 58.5 cm³/mol. The molecule has 0 spiro atoms. The molecule has 0 atom stereocenters. The monoisotopic (exact) mass is 230 g/mol. The van der Waals surface area contributed by atoms with Gasteiger partial charge in [0.15, 0.2) is 0 Å². The van der Waals surface area contributed by atoms with Crippen LogP contribution in [0.3, 0.4) is 0 Å². The normalized spacial score (nSPS) is 21.2. The van der Waals surface area contributed by atoms with Gasteiger partial charge in [0.2, 0.25) is 0 Å². The van der Waals surface area contributed by atoms with E-state index in [2.05, 4.69) is 0 Å². The highest BCUT2D eigenvalue weighted by Crippen LogP contribution is 2.36. The summed E-state index contributed by atoms with van der Waals surface area (Å²) in [5.41, 5.74) is -1.55. The Balaban J connectivity index is 2.83. The molecule has 3 nitrogen and oxygen atoms in total. The number of carbonyl (C=O) groups is 1. The summed E-state index contributed by atoms with van der Waals surface area (Å²) in [6.45, 7) is 3.24. The van der Waals surface area contributed by atoms with Gasteiger partial charge in [0.25, 0.3) is 0 Å². The number of hydrogen-bond acceptors (Lipinski definition) is 3. The van der Waals surface area contributed by atoms with Crippen LogP contribution >= 0.6 is 0 Å². The van der Waals surface area contributed by atoms with E-state index in [1.165, 1.54) is 6.92 Å². The van der Waals surface area contributed by atoms with Gasteiger partial charge < -0.3 is 9.84 Å². The van der Waals surface area contributed by atoms with Gasteiger partial charge in [0.1, 0.15) is 11.4 Å². The lowest BCUT2D eigenvalue weighted by Gasteiger charge is -2.31. The summed E-state index contributed by atoms with van der Waals surface area (Å²) >= 11 is 0. The number of aliphatic hydroxyl groups is 1. The summed E-state index contributed by atoms with van der Waals surface area (Å²) in [5, 5.41) is 10.1. The van der Waals surface area contributed by atoms with Gasteiger partial charge in [-0.2, -0.15) is 0 Å². The topological polar surface area (TPSA) is 46.5 Å². The van der Waals surface area contributed by atoms with Crippen LogP contribution in [-0.2, 0) is 9.53 Å². The van der Waals surface area contributed by atoms with Gasteiger partial charge in [-0.25, -0.2) is 9.18 Å². The zero-order valence-electron chi connectivity index (χ0n) is 9.88. The van der Waals surface area contributed by atoms with Crippen molar-refractivity contribution in [2.24, 2.45) is 0 Å². The fourth-order valence-corrected chi connectivity index (χ4v) is 2.03. The minimum atomic E-state index is -1.45. The van der Waals surface area contributed by atoms with Crippen molar-refractivity contribution in [2.45, 2.75) is 51.6 Å². The average molecular weight is 230 g/mol. The van der Waals surface area contributed by atoms with Crippen LogP contribution in [0.15, 0.2) is 11.4 Å². The van der Waals surface area contributed by atoms with Crippen molar-refractivity contribution in [3.8, 4) is 0 Å². The molecule has 92 valence electrons. The van der Waals surface area contributed by atoms with Crippen LogP contribution in [-0.4, -0.2) is 23.3 Å². The van der Waals surface area contributed by atoms with Crippen LogP contribution in [0, 0.1) is 0 Å². The highest BCUT2D eigenvalue weighted by molar-refractivity contribution is 5.88. The van der Waals surface area contributed by atoms with Crippen molar-refractivity contribution in [1.82, 2.24) is 0 Å². The first-order chi connectivity index (χ1) is 7.51. The van der Waals surface area contributed by atoms with Crippen LogP contribution in [0.5, 0.6) is 0 Å². The third-order valence-corrected chi connectivity index (χ3v) is 3.00. The molecule has 1 saturated carbocycles. The Kier molecular flexibility index (Phi) is 4.47. The highest BCUT2D eigenvalue weighted by atomic mass is 19.1. The molecular weight excluding hydrogens is 211 g/mol. The van der Waals surface area contributed by atoms with Gasteiger partial charge in [0.05, 0.1) is 12.2 Å². The van der Waals surface area contributed by atoms with E-state index < -0.39 is 17.4 Å². The standard InChI is InChI=1S/C12H19FO3/c1-3-16-11(14)9(2)10(13)12(15)7-5-4-6-8-12/h15H,3-8H2,1-2H3/b10-9+. The maximum atomic E-state index is 14.0. The smallest absolute Gasteiger partial charge is 0.336 e. The number of hydrogen-bond donors (Lipinski definition) is 1. The number of rotatable bonds is 3. The van der Waals surface area contributed by atoms with Gasteiger partial charge in [-0.3, -0.25) is 0 Å². The van der Waals surface area contributed by atoms with Gasteiger partial charge in [0, 0.05) is 0 Å². The summed E-state index contributed by atoms with van der Waals surface area (Å²) < 4.78 is 18.7. The zero-order chi connectivity index (χ0) is 12.2. The SMILES string of the molecule is CCOC(=O)/C(C)=C(/F)C1(O)CCCCC1. The summed E-state index contributed by atoms with van der Waals surface area (Å²) in [6.07, 6.45) is 3.36. The average Bonchev–Trinajstić information content (AvgIpc) is 2.28. The van der Waals surface area contributed by atoms with Crippen molar-refractivity contribution < 1.29 is 19.0 Å². The number of carbonyl (C=O) groups excluding carboxylic acids is 1. The van der Waals surface area contributed by atoms with Gasteiger partial charge in [-0.1, -0.05) is 19.3 Å². The molecule has 0 aromatic heterocycles. The molecule has 1 fully saturated rings. The molecule has 0 aliphatic heterocycles. The van der Waals surface area contributed by atoms with Crippen molar-refractivity contribution in [3.05, 3.63) is 11.4 Å². The first-order valence-corrected chi connectivity index (χ1v) is 5.77. The van der Waals surface area contributed by atoms with Crippen LogP contribution in [0.1, 0.15) is 46.0 Å². The van der Waals surface area contributed by atoms with E-state index >= 15 is 0 Å². The second kappa shape index (κ2) is 5.43. The van der Waals surface area contributed by atoms with E-state index in [1.807, 2.05) is 0 Å². The Bertz CT molecular complexity index is 291. The molecular formula is C12H19FO3. The van der Waals surface area contributed by atoms with Gasteiger partial charge in [-0.15, -0.1) is 0 Å². The first kappa shape index (κ1) is 13.2. The molecule has 0 heterocycles. The molecule has 16 heavy (non-hydrogen) atoms. The van der Waals surface area contributed by atoms with Crippen LogP contribution in [0.2, 0.25) is 0 Å². The molecule has 1 rings (SSSR count). The summed E-state index contributed by atoms with van der Waals surface area (Å²) in [4.78, 5) is 11.3. The Hall–Kier alpha value is -0.900. The molecule has 0 bridgehead atoms. The summed E-state index contributed by atoms with van der Waals surface area (Å²) in [5.74, 6) is -1.40. The van der Waals surface area contributed by atoms with E-state index in [1.54, 1.807) is 6.92 Å². The molecule has 0 saturated heterocycles. The van der Waals surface area contributed by atoms with E-state index in [-0.39, 0.29) is 12.2 Å². The van der Waals surface area contributed by atoms with Crippen LogP contribution in [0.25, 0.3) is 0 Å². The molecule has 1 N–H and O–H groups in total. The Morgan fingerprint density at radius 1 is 1.38 bits per heavy atom. The largest absolute Gasteiger partial charge is 0.463 e. The van der Waals surface area contributed by atoms with E-state index in [9.17, 15) is 14.3 Å². The minimum absolute atomic E-state index is 0.105. The predicted octanol–water partition coefficient (Wildman–Crippen LogP) is 2.49. The van der Waals surface area contributed by atoms with Crippen molar-refractivity contribution in [3.63, 3.8) is 0 Å². The quantitative estimate of drug-likeness (QED) is 0.598. The van der Waals surface area contributed by atoms with Crippen molar-refractivity contribution in [1.29, 1.82) is 0 Å². The van der Waals surface area contributed by atoms with E-state index in [0.717, 1.165) is 19.3 Å². The van der Waals surface area contributed by atoms with Gasteiger partial charge in [-0.05, 0) is 26.7 Å². The van der Waals surface area contributed by atoms with Crippen molar-refractivity contribution in [2.75, 3.05) is 6.61 Å². The Morgan fingerprint density at radius 2 is 1.94 bits per heavy atom. The number of halogens is 1. The first-order valence-electron chi connectivity index (χ1n) is 5.77. The number of esters is 1. The Morgan fingerprint density at radius 3 is 2.44 bits per heavy atom. The second-order valence-electron chi connectivity index (χ2n) is 4.25. The molecule has 0 aromatic rings. The Labute approximate surface area is 95.3 Å². The fourth-order valence-electron chi connectivity index (χ4n) is 2.03. The minimum Gasteiger partial charge on any atom is -0.463 e. The zero-order valence-corrected chi connectivity index (χ0v) is 9.88. The lowest BCUT2D eigenvalue weighted by Crippen LogP contribution is -2.33. The van der Waals surface area contributed by atoms with E-state index in [4.69, 9.17) is 4.74 Å². The van der Waals surface area contributed by atoms with Gasteiger partial charge >= 0.3 is 5.97 Å². The molecule has 0 aromatic carbocycles.